The highest BCUT2D eigenvalue weighted by Gasteiger charge is 2.22. The van der Waals surface area contributed by atoms with Crippen molar-refractivity contribution < 1.29 is 13.9 Å². The normalized spacial score (nSPS) is 15.1. The molecule has 134 valence electrons. The summed E-state index contributed by atoms with van der Waals surface area (Å²) < 4.78 is 11.1. The summed E-state index contributed by atoms with van der Waals surface area (Å²) in [6.07, 6.45) is 3.29. The van der Waals surface area contributed by atoms with Crippen LogP contribution in [0.15, 0.2) is 70.7 Å². The smallest absolute Gasteiger partial charge is 0.343 e. The zero-order valence-electron chi connectivity index (χ0n) is 13.7. The number of carbonyl (C=O) groups is 1. The van der Waals surface area contributed by atoms with Crippen LogP contribution in [-0.4, -0.2) is 5.97 Å². The second kappa shape index (κ2) is 7.28. The molecule has 0 saturated heterocycles. The van der Waals surface area contributed by atoms with Gasteiger partial charge in [0, 0.05) is 16.1 Å². The van der Waals surface area contributed by atoms with Crippen LogP contribution >= 0.6 is 34.8 Å². The second-order valence-electron chi connectivity index (χ2n) is 5.81. The molecule has 0 aliphatic carbocycles. The highest BCUT2D eigenvalue weighted by atomic mass is 35.5. The minimum absolute atomic E-state index is 0.387. The number of furan rings is 1. The first-order chi connectivity index (χ1) is 13.0. The third-order valence-electron chi connectivity index (χ3n) is 4.00. The Labute approximate surface area is 170 Å². The molecule has 3 nitrogen and oxygen atoms in total. The fourth-order valence-electron chi connectivity index (χ4n) is 2.67. The number of cyclic esters (lactones) is 1. The van der Waals surface area contributed by atoms with E-state index >= 15 is 0 Å². The predicted molar refractivity (Wildman–Crippen MR) is 108 cm³/mol. The zero-order valence-corrected chi connectivity index (χ0v) is 16.0. The standard InChI is InChI=1S/C21H11Cl3O3/c22-14-6-4-12(5-7-14)19-11-13(21(25)27-19)10-15-8-9-18(26-15)16-2-1-3-17(23)20(16)24/h1-11H/b13-10-. The summed E-state index contributed by atoms with van der Waals surface area (Å²) >= 11 is 18.2. The topological polar surface area (TPSA) is 39.4 Å². The van der Waals surface area contributed by atoms with Crippen LogP contribution in [0.3, 0.4) is 0 Å². The van der Waals surface area contributed by atoms with Crippen molar-refractivity contribution in [3.8, 4) is 11.3 Å². The van der Waals surface area contributed by atoms with Gasteiger partial charge in [-0.25, -0.2) is 4.79 Å². The van der Waals surface area contributed by atoms with E-state index in [4.69, 9.17) is 44.0 Å². The SMILES string of the molecule is O=C1OC(c2ccc(Cl)cc2)=C/C1=C/c1ccc(-c2cccc(Cl)c2Cl)o1. The average Bonchev–Trinajstić information content (AvgIpc) is 3.26. The molecule has 1 aliphatic heterocycles. The summed E-state index contributed by atoms with van der Waals surface area (Å²) in [7, 11) is 0. The maximum absolute atomic E-state index is 12.2. The second-order valence-corrected chi connectivity index (χ2v) is 7.03. The lowest BCUT2D eigenvalue weighted by Crippen LogP contribution is -1.96. The molecular formula is C21H11Cl3O3. The number of rotatable bonds is 3. The van der Waals surface area contributed by atoms with Crippen LogP contribution in [0.2, 0.25) is 15.1 Å². The van der Waals surface area contributed by atoms with Crippen LogP contribution in [0.5, 0.6) is 0 Å². The van der Waals surface area contributed by atoms with Crippen molar-refractivity contribution in [3.05, 3.63) is 92.6 Å². The minimum atomic E-state index is -0.446. The summed E-state index contributed by atoms with van der Waals surface area (Å²) in [5.74, 6) is 1.08. The van der Waals surface area contributed by atoms with Gasteiger partial charge in [0.2, 0.25) is 0 Å². The summed E-state index contributed by atoms with van der Waals surface area (Å²) in [5, 5.41) is 1.47. The van der Waals surface area contributed by atoms with Crippen LogP contribution in [0.25, 0.3) is 23.2 Å². The van der Waals surface area contributed by atoms with Crippen LogP contribution in [0.4, 0.5) is 0 Å². The molecule has 2 heterocycles. The van der Waals surface area contributed by atoms with E-state index in [1.165, 1.54) is 0 Å². The molecule has 1 aliphatic rings. The van der Waals surface area contributed by atoms with Gasteiger partial charge < -0.3 is 9.15 Å². The molecule has 6 heteroatoms. The predicted octanol–water partition coefficient (Wildman–Crippen LogP) is 6.89. The van der Waals surface area contributed by atoms with Crippen LogP contribution < -0.4 is 0 Å². The molecule has 0 atom stereocenters. The number of carbonyl (C=O) groups excluding carboxylic acids is 1. The molecule has 0 radical (unpaired) electrons. The van der Waals surface area contributed by atoms with Gasteiger partial charge in [-0.2, -0.15) is 0 Å². The van der Waals surface area contributed by atoms with Gasteiger partial charge in [-0.05, 0) is 60.7 Å². The van der Waals surface area contributed by atoms with E-state index < -0.39 is 5.97 Å². The Balaban J connectivity index is 1.64. The van der Waals surface area contributed by atoms with E-state index in [0.29, 0.717) is 43.5 Å². The minimum Gasteiger partial charge on any atom is -0.457 e. The molecule has 4 rings (SSSR count). The molecular weight excluding hydrogens is 407 g/mol. The van der Waals surface area contributed by atoms with Gasteiger partial charge in [0.05, 0.1) is 15.6 Å². The maximum atomic E-state index is 12.2. The van der Waals surface area contributed by atoms with Gasteiger partial charge in [0.15, 0.2) is 0 Å². The van der Waals surface area contributed by atoms with Crippen LogP contribution in [0, 0.1) is 0 Å². The van der Waals surface area contributed by atoms with Gasteiger partial charge in [0.1, 0.15) is 17.3 Å². The molecule has 0 spiro atoms. The van der Waals surface area contributed by atoms with E-state index in [0.717, 1.165) is 5.56 Å². The largest absolute Gasteiger partial charge is 0.457 e. The lowest BCUT2D eigenvalue weighted by atomic mass is 10.1. The summed E-state index contributed by atoms with van der Waals surface area (Å²) in [5.41, 5.74) is 1.83. The van der Waals surface area contributed by atoms with E-state index in [-0.39, 0.29) is 0 Å². The quantitative estimate of drug-likeness (QED) is 0.344. The van der Waals surface area contributed by atoms with Crippen molar-refractivity contribution in [2.45, 2.75) is 0 Å². The average molecular weight is 418 g/mol. The number of hydrogen-bond acceptors (Lipinski definition) is 3. The number of halogens is 3. The third-order valence-corrected chi connectivity index (χ3v) is 5.07. The van der Waals surface area contributed by atoms with Crippen molar-refractivity contribution in [1.29, 1.82) is 0 Å². The molecule has 0 amide bonds. The van der Waals surface area contributed by atoms with Crippen molar-refractivity contribution >= 4 is 52.6 Å². The van der Waals surface area contributed by atoms with Gasteiger partial charge in [-0.15, -0.1) is 0 Å². The third kappa shape index (κ3) is 3.67. The van der Waals surface area contributed by atoms with E-state index in [9.17, 15) is 4.79 Å². The molecule has 1 aromatic heterocycles. The van der Waals surface area contributed by atoms with Crippen molar-refractivity contribution in [2.24, 2.45) is 0 Å². The Morgan fingerprint density at radius 3 is 2.44 bits per heavy atom. The lowest BCUT2D eigenvalue weighted by Gasteiger charge is -2.02. The molecule has 2 aromatic carbocycles. The molecule has 0 N–H and O–H groups in total. The first-order valence-corrected chi connectivity index (χ1v) is 9.10. The lowest BCUT2D eigenvalue weighted by molar-refractivity contribution is -0.130. The van der Waals surface area contributed by atoms with E-state index in [1.54, 1.807) is 60.7 Å². The van der Waals surface area contributed by atoms with Gasteiger partial charge in [-0.1, -0.05) is 40.9 Å². The van der Waals surface area contributed by atoms with Crippen molar-refractivity contribution in [2.75, 3.05) is 0 Å². The fraction of sp³-hybridized carbons (Fsp3) is 0. The Hall–Kier alpha value is -2.46. The number of hydrogen-bond donors (Lipinski definition) is 0. The molecule has 0 bridgehead atoms. The monoisotopic (exact) mass is 416 g/mol. The van der Waals surface area contributed by atoms with Crippen molar-refractivity contribution in [1.82, 2.24) is 0 Å². The number of esters is 1. The summed E-state index contributed by atoms with van der Waals surface area (Å²) in [6.45, 7) is 0. The number of benzene rings is 2. The van der Waals surface area contributed by atoms with Gasteiger partial charge in [0.25, 0.3) is 0 Å². The summed E-state index contributed by atoms with van der Waals surface area (Å²) in [6, 6.07) is 15.9. The number of ether oxygens (including phenoxy) is 1. The highest BCUT2D eigenvalue weighted by Crippen LogP contribution is 2.35. The first-order valence-electron chi connectivity index (χ1n) is 7.97. The Morgan fingerprint density at radius 2 is 1.67 bits per heavy atom. The first kappa shape index (κ1) is 17.9. The van der Waals surface area contributed by atoms with Crippen LogP contribution in [0.1, 0.15) is 11.3 Å². The molecule has 0 unspecified atom stereocenters. The van der Waals surface area contributed by atoms with Crippen LogP contribution in [-0.2, 0) is 9.53 Å². The maximum Gasteiger partial charge on any atom is 0.343 e. The van der Waals surface area contributed by atoms with E-state index in [2.05, 4.69) is 0 Å². The Bertz CT molecular complexity index is 1090. The molecule has 3 aromatic rings. The van der Waals surface area contributed by atoms with Crippen molar-refractivity contribution in [3.63, 3.8) is 0 Å². The Kier molecular flexibility index (Phi) is 4.83. The highest BCUT2D eigenvalue weighted by molar-refractivity contribution is 6.43. The Morgan fingerprint density at radius 1 is 0.889 bits per heavy atom. The molecule has 0 saturated carbocycles. The van der Waals surface area contributed by atoms with Gasteiger partial charge >= 0.3 is 5.97 Å². The van der Waals surface area contributed by atoms with Gasteiger partial charge in [-0.3, -0.25) is 0 Å². The molecule has 27 heavy (non-hydrogen) atoms. The summed E-state index contributed by atoms with van der Waals surface area (Å²) in [4.78, 5) is 12.2. The van der Waals surface area contributed by atoms with E-state index in [1.807, 2.05) is 6.07 Å². The zero-order chi connectivity index (χ0) is 19.0. The fourth-order valence-corrected chi connectivity index (χ4v) is 3.19. The molecule has 0 fully saturated rings.